The van der Waals surface area contributed by atoms with Crippen molar-refractivity contribution in [2.24, 2.45) is 5.73 Å². The Morgan fingerprint density at radius 2 is 1.10 bits per heavy atom. The van der Waals surface area contributed by atoms with Crippen LogP contribution in [-0.4, -0.2) is 17.4 Å². The number of furan rings is 2. The van der Waals surface area contributed by atoms with Gasteiger partial charge in [-0.2, -0.15) is 0 Å². The SMILES string of the molecule is CC.CC.CN.OOc1ccc2oc3cc4c(cc3c2c1)oc1ccc(O)cc14. The van der Waals surface area contributed by atoms with E-state index in [0.717, 1.165) is 21.5 Å². The molecule has 0 unspecified atom stereocenters. The van der Waals surface area contributed by atoms with Gasteiger partial charge >= 0.3 is 0 Å². The summed E-state index contributed by atoms with van der Waals surface area (Å²) in [5, 5.41) is 21.9. The van der Waals surface area contributed by atoms with Crippen molar-refractivity contribution in [3.05, 3.63) is 48.5 Å². The van der Waals surface area contributed by atoms with Crippen molar-refractivity contribution < 1.29 is 24.1 Å². The molecule has 6 heteroatoms. The van der Waals surface area contributed by atoms with Gasteiger partial charge < -0.3 is 24.6 Å². The summed E-state index contributed by atoms with van der Waals surface area (Å²) in [5.41, 5.74) is 7.31. The van der Waals surface area contributed by atoms with E-state index in [0.29, 0.717) is 28.1 Å². The van der Waals surface area contributed by atoms with E-state index in [1.54, 1.807) is 36.4 Å². The first-order valence-corrected chi connectivity index (χ1v) is 9.63. The predicted octanol–water partition coefficient (Wildman–Crippen LogP) is 6.67. The van der Waals surface area contributed by atoms with Crippen LogP contribution in [0.2, 0.25) is 0 Å². The Kier molecular flexibility index (Phi) is 7.47. The summed E-state index contributed by atoms with van der Waals surface area (Å²) in [4.78, 5) is 4.30. The molecule has 0 aliphatic rings. The number of hydrogen-bond acceptors (Lipinski definition) is 6. The predicted molar refractivity (Wildman–Crippen MR) is 119 cm³/mol. The van der Waals surface area contributed by atoms with E-state index in [1.807, 2.05) is 39.8 Å². The molecule has 0 aliphatic carbocycles. The summed E-state index contributed by atoms with van der Waals surface area (Å²) in [6.45, 7) is 8.00. The van der Waals surface area contributed by atoms with Crippen molar-refractivity contribution in [1.29, 1.82) is 0 Å². The average molecular weight is 397 g/mol. The minimum absolute atomic E-state index is 0.189. The van der Waals surface area contributed by atoms with Gasteiger partial charge in [-0.25, -0.2) is 5.26 Å². The van der Waals surface area contributed by atoms with E-state index in [4.69, 9.17) is 14.1 Å². The molecule has 5 aromatic rings. The minimum atomic E-state index is 0.189. The van der Waals surface area contributed by atoms with Crippen molar-refractivity contribution in [2.45, 2.75) is 27.7 Å². The standard InChI is InChI=1S/C18H10O5.2C2H6.CH5N/c19-9-1-3-15-11(5-9)13-7-18-14(8-17(13)21-15)12-6-10(23-20)2-4-16(12)22-18;3*1-2/h1-8,19-20H;2*1-2H3;2H2,1H3. The molecule has 154 valence electrons. The molecule has 29 heavy (non-hydrogen) atoms. The highest BCUT2D eigenvalue weighted by Gasteiger charge is 2.14. The van der Waals surface area contributed by atoms with E-state index in [9.17, 15) is 5.11 Å². The average Bonchev–Trinajstić information content (AvgIpc) is 3.33. The van der Waals surface area contributed by atoms with Crippen LogP contribution in [0.5, 0.6) is 11.5 Å². The van der Waals surface area contributed by atoms with Crippen molar-refractivity contribution in [3.8, 4) is 11.5 Å². The number of rotatable bonds is 1. The number of fused-ring (bicyclic) bond motifs is 6. The lowest BCUT2D eigenvalue weighted by Gasteiger charge is -1.95. The third-order valence-corrected chi connectivity index (χ3v) is 4.12. The van der Waals surface area contributed by atoms with Crippen molar-refractivity contribution in [2.75, 3.05) is 7.05 Å². The van der Waals surface area contributed by atoms with Crippen LogP contribution in [0.4, 0.5) is 0 Å². The lowest BCUT2D eigenvalue weighted by atomic mass is 10.1. The molecule has 0 saturated carbocycles. The summed E-state index contributed by atoms with van der Waals surface area (Å²) in [6.07, 6.45) is 0. The van der Waals surface area contributed by atoms with E-state index >= 15 is 0 Å². The van der Waals surface area contributed by atoms with Gasteiger partial charge in [-0.15, -0.1) is 0 Å². The number of benzene rings is 3. The Hall–Kier alpha value is -3.22. The van der Waals surface area contributed by atoms with Gasteiger partial charge in [0.1, 0.15) is 28.1 Å². The third-order valence-electron chi connectivity index (χ3n) is 4.12. The first kappa shape index (κ1) is 22.1. The Morgan fingerprint density at radius 1 is 0.655 bits per heavy atom. The summed E-state index contributed by atoms with van der Waals surface area (Å²) in [7, 11) is 1.50. The van der Waals surface area contributed by atoms with Crippen LogP contribution in [0.3, 0.4) is 0 Å². The molecule has 0 atom stereocenters. The maximum absolute atomic E-state index is 9.69. The monoisotopic (exact) mass is 397 g/mol. The van der Waals surface area contributed by atoms with Gasteiger partial charge in [-0.3, -0.25) is 0 Å². The molecule has 0 saturated heterocycles. The largest absolute Gasteiger partial charge is 0.508 e. The summed E-state index contributed by atoms with van der Waals surface area (Å²) in [6, 6.07) is 13.9. The van der Waals surface area contributed by atoms with Crippen molar-refractivity contribution in [3.63, 3.8) is 0 Å². The Morgan fingerprint density at radius 3 is 1.62 bits per heavy atom. The summed E-state index contributed by atoms with van der Waals surface area (Å²) >= 11 is 0. The molecule has 0 bridgehead atoms. The molecule has 2 aromatic heterocycles. The van der Waals surface area contributed by atoms with Crippen LogP contribution in [0.25, 0.3) is 43.9 Å². The molecule has 5 rings (SSSR count). The molecular formula is C23H27NO5. The zero-order valence-corrected chi connectivity index (χ0v) is 17.3. The zero-order chi connectivity index (χ0) is 21.6. The highest BCUT2D eigenvalue weighted by atomic mass is 17.1. The smallest absolute Gasteiger partial charge is 0.166 e. The second kappa shape index (κ2) is 9.82. The summed E-state index contributed by atoms with van der Waals surface area (Å²) < 4.78 is 11.7. The first-order chi connectivity index (χ1) is 14.2. The zero-order valence-electron chi connectivity index (χ0n) is 17.3. The maximum atomic E-state index is 9.69. The van der Waals surface area contributed by atoms with Gasteiger partial charge in [0, 0.05) is 21.5 Å². The molecule has 4 N–H and O–H groups in total. The number of phenols is 1. The lowest BCUT2D eigenvalue weighted by Crippen LogP contribution is -1.81. The van der Waals surface area contributed by atoms with Gasteiger partial charge in [0.15, 0.2) is 5.75 Å². The van der Waals surface area contributed by atoms with Crippen LogP contribution in [-0.2, 0) is 0 Å². The molecule has 6 nitrogen and oxygen atoms in total. The molecule has 0 amide bonds. The van der Waals surface area contributed by atoms with Crippen LogP contribution >= 0.6 is 0 Å². The normalized spacial score (nSPS) is 10.0. The molecule has 3 aromatic carbocycles. The first-order valence-electron chi connectivity index (χ1n) is 9.63. The van der Waals surface area contributed by atoms with E-state index in [1.165, 1.54) is 7.05 Å². The minimum Gasteiger partial charge on any atom is -0.508 e. The molecule has 0 radical (unpaired) electrons. The Labute approximate surface area is 169 Å². The second-order valence-electron chi connectivity index (χ2n) is 5.48. The van der Waals surface area contributed by atoms with Gasteiger partial charge in [-0.1, -0.05) is 27.7 Å². The van der Waals surface area contributed by atoms with Crippen molar-refractivity contribution in [1.82, 2.24) is 0 Å². The Balaban J connectivity index is 0.000000461. The van der Waals surface area contributed by atoms with E-state index in [2.05, 4.69) is 10.6 Å². The number of phenolic OH excluding ortho intramolecular Hbond substituents is 1. The quantitative estimate of drug-likeness (QED) is 0.216. The van der Waals surface area contributed by atoms with Gasteiger partial charge in [-0.05, 0) is 55.6 Å². The van der Waals surface area contributed by atoms with E-state index in [-0.39, 0.29) is 5.75 Å². The topological polar surface area (TPSA) is 102 Å². The van der Waals surface area contributed by atoms with Crippen LogP contribution in [0, 0.1) is 0 Å². The molecule has 0 spiro atoms. The molecule has 0 fully saturated rings. The molecule has 0 aliphatic heterocycles. The van der Waals surface area contributed by atoms with Crippen LogP contribution < -0.4 is 10.6 Å². The number of aromatic hydroxyl groups is 1. The van der Waals surface area contributed by atoms with Crippen molar-refractivity contribution >= 4 is 43.9 Å². The van der Waals surface area contributed by atoms with Gasteiger partial charge in [0.2, 0.25) is 0 Å². The third kappa shape index (κ3) is 3.99. The fraction of sp³-hybridized carbons (Fsp3) is 0.217. The highest BCUT2D eigenvalue weighted by Crippen LogP contribution is 2.38. The highest BCUT2D eigenvalue weighted by molar-refractivity contribution is 6.15. The second-order valence-corrected chi connectivity index (χ2v) is 5.48. The fourth-order valence-corrected chi connectivity index (χ4v) is 3.07. The number of nitrogens with two attached hydrogens (primary N) is 1. The Bertz CT molecular complexity index is 1220. The van der Waals surface area contributed by atoms with Crippen LogP contribution in [0.1, 0.15) is 27.7 Å². The lowest BCUT2D eigenvalue weighted by molar-refractivity contribution is -0.137. The van der Waals surface area contributed by atoms with Gasteiger partial charge in [0.25, 0.3) is 0 Å². The van der Waals surface area contributed by atoms with E-state index < -0.39 is 0 Å². The summed E-state index contributed by atoms with van der Waals surface area (Å²) in [5.74, 6) is 0.532. The van der Waals surface area contributed by atoms with Crippen LogP contribution in [0.15, 0.2) is 57.4 Å². The fourth-order valence-electron chi connectivity index (χ4n) is 3.07. The number of hydrogen-bond donors (Lipinski definition) is 3. The molecular weight excluding hydrogens is 370 g/mol. The van der Waals surface area contributed by atoms with Gasteiger partial charge in [0.05, 0.1) is 0 Å². The maximum Gasteiger partial charge on any atom is 0.166 e. The molecule has 2 heterocycles.